The molecule has 0 aliphatic rings. The Kier molecular flexibility index (Phi) is 5.43. The van der Waals surface area contributed by atoms with Crippen molar-refractivity contribution < 1.29 is 9.53 Å². The summed E-state index contributed by atoms with van der Waals surface area (Å²) in [6, 6.07) is 18.8. The molecule has 0 unspecified atom stereocenters. The van der Waals surface area contributed by atoms with Crippen LogP contribution in [-0.2, 0) is 6.54 Å². The zero-order valence-electron chi connectivity index (χ0n) is 14.7. The van der Waals surface area contributed by atoms with Gasteiger partial charge in [0.05, 0.1) is 7.11 Å². The van der Waals surface area contributed by atoms with E-state index < -0.39 is 0 Å². The van der Waals surface area contributed by atoms with Crippen LogP contribution in [0.1, 0.15) is 16.1 Å². The van der Waals surface area contributed by atoms with E-state index in [9.17, 15) is 4.79 Å². The van der Waals surface area contributed by atoms with Crippen molar-refractivity contribution in [2.75, 3.05) is 24.4 Å². The van der Waals surface area contributed by atoms with Gasteiger partial charge in [-0.2, -0.15) is 0 Å². The summed E-state index contributed by atoms with van der Waals surface area (Å²) in [5.41, 5.74) is 2.12. The average molecular weight is 348 g/mol. The number of hydrogen-bond donors (Lipinski definition) is 1. The number of benzene rings is 2. The maximum absolute atomic E-state index is 12.7. The molecule has 132 valence electrons. The Morgan fingerprint density at radius 1 is 1.08 bits per heavy atom. The van der Waals surface area contributed by atoms with E-state index in [0.717, 1.165) is 17.0 Å². The normalized spacial score (nSPS) is 10.2. The van der Waals surface area contributed by atoms with Crippen LogP contribution in [0.5, 0.6) is 5.75 Å². The predicted molar refractivity (Wildman–Crippen MR) is 102 cm³/mol. The van der Waals surface area contributed by atoms with Crippen LogP contribution in [-0.4, -0.2) is 30.0 Å². The quantitative estimate of drug-likeness (QED) is 0.740. The summed E-state index contributed by atoms with van der Waals surface area (Å²) in [5.74, 6) is 0.984. The molecule has 6 heteroatoms. The molecular weight excluding hydrogens is 328 g/mol. The molecule has 0 saturated carbocycles. The number of methoxy groups -OCH3 is 1. The van der Waals surface area contributed by atoms with E-state index in [4.69, 9.17) is 4.74 Å². The van der Waals surface area contributed by atoms with Crippen molar-refractivity contribution in [3.8, 4) is 5.75 Å². The number of ether oxygens (including phenoxy) is 1. The Bertz CT molecular complexity index is 884. The molecule has 1 N–H and O–H groups in total. The smallest absolute Gasteiger partial charge is 0.276 e. The number of aromatic nitrogens is 2. The first-order valence-corrected chi connectivity index (χ1v) is 8.21. The number of nitrogens with zero attached hydrogens (tertiary/aromatic N) is 3. The zero-order chi connectivity index (χ0) is 18.4. The van der Waals surface area contributed by atoms with Gasteiger partial charge < -0.3 is 15.0 Å². The fraction of sp³-hybridized carbons (Fsp3) is 0.150. The highest BCUT2D eigenvalue weighted by Gasteiger charge is 2.15. The van der Waals surface area contributed by atoms with Gasteiger partial charge in [0.25, 0.3) is 5.91 Å². The number of nitrogens with one attached hydrogen (secondary N) is 1. The summed E-state index contributed by atoms with van der Waals surface area (Å²) in [7, 11) is 3.36. The highest BCUT2D eigenvalue weighted by atomic mass is 16.5. The van der Waals surface area contributed by atoms with E-state index in [1.807, 2.05) is 54.6 Å². The Balaban J connectivity index is 1.73. The second kappa shape index (κ2) is 8.11. The number of anilines is 2. The van der Waals surface area contributed by atoms with Crippen LogP contribution in [0.4, 0.5) is 11.6 Å². The molecule has 0 radical (unpaired) electrons. The van der Waals surface area contributed by atoms with Crippen molar-refractivity contribution in [3.63, 3.8) is 0 Å². The maximum atomic E-state index is 12.7. The fourth-order valence-electron chi connectivity index (χ4n) is 2.53. The van der Waals surface area contributed by atoms with Crippen LogP contribution in [0, 0.1) is 0 Å². The lowest BCUT2D eigenvalue weighted by Gasteiger charge is -2.17. The van der Waals surface area contributed by atoms with Crippen molar-refractivity contribution in [2.45, 2.75) is 6.54 Å². The third-order valence-corrected chi connectivity index (χ3v) is 3.95. The summed E-state index contributed by atoms with van der Waals surface area (Å²) in [4.78, 5) is 22.7. The first kappa shape index (κ1) is 17.4. The Morgan fingerprint density at radius 3 is 2.58 bits per heavy atom. The standard InChI is InChI=1S/C20H20N4O2/c1-24(16-9-4-3-5-10-16)19(25)17-12-13-21-20(23-17)22-14-15-8-6-7-11-18(15)26-2/h3-13H,14H2,1-2H3,(H,21,22,23). The Labute approximate surface area is 152 Å². The minimum absolute atomic E-state index is 0.195. The lowest BCUT2D eigenvalue weighted by atomic mass is 10.2. The Hall–Kier alpha value is -3.41. The van der Waals surface area contributed by atoms with Crippen LogP contribution >= 0.6 is 0 Å². The minimum atomic E-state index is -0.195. The van der Waals surface area contributed by atoms with Crippen molar-refractivity contribution in [3.05, 3.63) is 78.1 Å². The monoisotopic (exact) mass is 348 g/mol. The first-order chi connectivity index (χ1) is 12.7. The summed E-state index contributed by atoms with van der Waals surface area (Å²) in [5, 5.41) is 3.14. The van der Waals surface area contributed by atoms with Crippen LogP contribution < -0.4 is 15.0 Å². The van der Waals surface area contributed by atoms with Gasteiger partial charge in [-0.3, -0.25) is 4.79 Å². The van der Waals surface area contributed by atoms with Gasteiger partial charge in [0, 0.05) is 31.0 Å². The second-order valence-electron chi connectivity index (χ2n) is 5.63. The molecule has 0 spiro atoms. The van der Waals surface area contributed by atoms with Crippen LogP contribution in [0.2, 0.25) is 0 Å². The molecule has 0 aliphatic carbocycles. The molecular formula is C20H20N4O2. The van der Waals surface area contributed by atoms with Crippen molar-refractivity contribution in [1.82, 2.24) is 9.97 Å². The highest BCUT2D eigenvalue weighted by molar-refractivity contribution is 6.04. The predicted octanol–water partition coefficient (Wildman–Crippen LogP) is 3.37. The van der Waals surface area contributed by atoms with Crippen molar-refractivity contribution in [1.29, 1.82) is 0 Å². The van der Waals surface area contributed by atoms with Crippen LogP contribution in [0.25, 0.3) is 0 Å². The van der Waals surface area contributed by atoms with E-state index in [-0.39, 0.29) is 5.91 Å². The molecule has 0 bridgehead atoms. The van der Waals surface area contributed by atoms with E-state index >= 15 is 0 Å². The lowest BCUT2D eigenvalue weighted by Crippen LogP contribution is -2.27. The molecule has 0 aliphatic heterocycles. The van der Waals surface area contributed by atoms with Gasteiger partial charge in [0.15, 0.2) is 0 Å². The van der Waals surface area contributed by atoms with E-state index in [1.54, 1.807) is 31.3 Å². The molecule has 3 aromatic rings. The van der Waals surface area contributed by atoms with Gasteiger partial charge in [0.2, 0.25) is 5.95 Å². The van der Waals surface area contributed by atoms with Crippen molar-refractivity contribution in [2.24, 2.45) is 0 Å². The third kappa shape index (κ3) is 3.97. The average Bonchev–Trinajstić information content (AvgIpc) is 2.72. The molecule has 26 heavy (non-hydrogen) atoms. The number of hydrogen-bond acceptors (Lipinski definition) is 5. The summed E-state index contributed by atoms with van der Waals surface area (Å²) < 4.78 is 5.33. The van der Waals surface area contributed by atoms with Gasteiger partial charge >= 0.3 is 0 Å². The molecule has 1 aromatic heterocycles. The van der Waals surface area contributed by atoms with E-state index in [1.165, 1.54) is 0 Å². The molecule has 1 amide bonds. The Morgan fingerprint density at radius 2 is 1.81 bits per heavy atom. The number of carbonyl (C=O) groups excluding carboxylic acids is 1. The van der Waals surface area contributed by atoms with E-state index in [2.05, 4.69) is 15.3 Å². The third-order valence-electron chi connectivity index (χ3n) is 3.95. The molecule has 1 heterocycles. The lowest BCUT2D eigenvalue weighted by molar-refractivity contribution is 0.0988. The number of amides is 1. The molecule has 2 aromatic carbocycles. The largest absolute Gasteiger partial charge is 0.496 e. The number of para-hydroxylation sites is 2. The first-order valence-electron chi connectivity index (χ1n) is 8.21. The summed E-state index contributed by atoms with van der Waals surface area (Å²) >= 11 is 0. The zero-order valence-corrected chi connectivity index (χ0v) is 14.7. The molecule has 0 fully saturated rings. The van der Waals surface area contributed by atoms with Gasteiger partial charge in [-0.15, -0.1) is 0 Å². The SMILES string of the molecule is COc1ccccc1CNc1nccc(C(=O)N(C)c2ccccc2)n1. The minimum Gasteiger partial charge on any atom is -0.496 e. The van der Waals surface area contributed by atoms with Crippen LogP contribution in [0.15, 0.2) is 66.9 Å². The van der Waals surface area contributed by atoms with Gasteiger partial charge in [-0.25, -0.2) is 9.97 Å². The van der Waals surface area contributed by atoms with Gasteiger partial charge in [-0.1, -0.05) is 36.4 Å². The highest BCUT2D eigenvalue weighted by Crippen LogP contribution is 2.18. The summed E-state index contributed by atoms with van der Waals surface area (Å²) in [6.45, 7) is 0.496. The van der Waals surface area contributed by atoms with Crippen LogP contribution in [0.3, 0.4) is 0 Å². The van der Waals surface area contributed by atoms with E-state index in [0.29, 0.717) is 18.2 Å². The van der Waals surface area contributed by atoms with Gasteiger partial charge in [-0.05, 0) is 24.3 Å². The fourth-order valence-corrected chi connectivity index (χ4v) is 2.53. The molecule has 0 saturated heterocycles. The summed E-state index contributed by atoms with van der Waals surface area (Å²) in [6.07, 6.45) is 1.57. The van der Waals surface area contributed by atoms with Gasteiger partial charge in [0.1, 0.15) is 11.4 Å². The molecule has 0 atom stereocenters. The maximum Gasteiger partial charge on any atom is 0.276 e. The van der Waals surface area contributed by atoms with Crippen molar-refractivity contribution >= 4 is 17.5 Å². The molecule has 6 nitrogen and oxygen atoms in total. The number of rotatable bonds is 6. The number of carbonyl (C=O) groups is 1. The second-order valence-corrected chi connectivity index (χ2v) is 5.63. The topological polar surface area (TPSA) is 67.3 Å². The molecule has 3 rings (SSSR count).